The molecule has 0 aliphatic carbocycles. The summed E-state index contributed by atoms with van der Waals surface area (Å²) in [6, 6.07) is 6.09. The number of nitrogens with zero attached hydrogens (tertiary/aromatic N) is 1. The second-order valence-electron chi connectivity index (χ2n) is 7.62. The number of nitro groups is 1. The first-order valence-electron chi connectivity index (χ1n) is 11.1. The average Bonchev–Trinajstić information content (AvgIpc) is 2.72. The standard InChI is InChI=1S/C23H36BrNO4/c24-19-13-11-9-7-5-3-1-2-4-6-8-10-12-14-23(26)29-20-21-15-17-22(18-16-21)25(27)28/h15-18H,1-14,19-20H2. The van der Waals surface area contributed by atoms with Gasteiger partial charge in [-0.1, -0.05) is 86.6 Å². The van der Waals surface area contributed by atoms with Crippen molar-refractivity contribution in [2.75, 3.05) is 5.33 Å². The molecule has 0 fully saturated rings. The van der Waals surface area contributed by atoms with Crippen LogP contribution >= 0.6 is 15.9 Å². The quantitative estimate of drug-likeness (QED) is 0.0733. The minimum atomic E-state index is -0.440. The number of ether oxygens (including phenoxy) is 1. The Morgan fingerprint density at radius 3 is 1.69 bits per heavy atom. The van der Waals surface area contributed by atoms with Gasteiger partial charge >= 0.3 is 5.97 Å². The molecule has 0 heterocycles. The Morgan fingerprint density at radius 1 is 0.793 bits per heavy atom. The molecule has 0 unspecified atom stereocenters. The fourth-order valence-corrected chi connectivity index (χ4v) is 3.65. The summed E-state index contributed by atoms with van der Waals surface area (Å²) in [6.45, 7) is 0.174. The maximum Gasteiger partial charge on any atom is 0.306 e. The molecule has 1 aromatic carbocycles. The largest absolute Gasteiger partial charge is 0.461 e. The Balaban J connectivity index is 1.88. The minimum Gasteiger partial charge on any atom is -0.461 e. The maximum atomic E-state index is 11.8. The van der Waals surface area contributed by atoms with Crippen molar-refractivity contribution in [3.05, 3.63) is 39.9 Å². The van der Waals surface area contributed by atoms with E-state index in [9.17, 15) is 14.9 Å². The molecule has 0 bridgehead atoms. The number of alkyl halides is 1. The summed E-state index contributed by atoms with van der Waals surface area (Å²) in [4.78, 5) is 21.9. The van der Waals surface area contributed by atoms with Crippen molar-refractivity contribution in [1.29, 1.82) is 0 Å². The summed E-state index contributed by atoms with van der Waals surface area (Å²) in [5.41, 5.74) is 0.809. The van der Waals surface area contributed by atoms with Gasteiger partial charge in [-0.15, -0.1) is 0 Å². The van der Waals surface area contributed by atoms with Gasteiger partial charge in [-0.3, -0.25) is 14.9 Å². The van der Waals surface area contributed by atoms with Gasteiger partial charge in [0, 0.05) is 23.9 Å². The minimum absolute atomic E-state index is 0.0426. The van der Waals surface area contributed by atoms with Gasteiger partial charge in [0.15, 0.2) is 0 Å². The number of halogens is 1. The van der Waals surface area contributed by atoms with Crippen LogP contribution in [0.2, 0.25) is 0 Å². The Bertz CT molecular complexity index is 563. The van der Waals surface area contributed by atoms with Gasteiger partial charge in [0.25, 0.3) is 5.69 Å². The molecule has 0 saturated carbocycles. The highest BCUT2D eigenvalue weighted by Crippen LogP contribution is 2.15. The number of carbonyl (C=O) groups is 1. The number of non-ortho nitro benzene ring substituents is 1. The van der Waals surface area contributed by atoms with Crippen LogP contribution in [-0.4, -0.2) is 16.2 Å². The van der Waals surface area contributed by atoms with Crippen molar-refractivity contribution in [2.45, 2.75) is 96.5 Å². The Morgan fingerprint density at radius 2 is 1.24 bits per heavy atom. The van der Waals surface area contributed by atoms with Crippen LogP contribution in [0.3, 0.4) is 0 Å². The van der Waals surface area contributed by atoms with Crippen molar-refractivity contribution in [3.63, 3.8) is 0 Å². The zero-order chi connectivity index (χ0) is 21.2. The smallest absolute Gasteiger partial charge is 0.306 e. The maximum absolute atomic E-state index is 11.8. The third-order valence-corrected chi connectivity index (χ3v) is 5.62. The van der Waals surface area contributed by atoms with Gasteiger partial charge in [-0.25, -0.2) is 0 Å². The summed E-state index contributed by atoms with van der Waals surface area (Å²) in [7, 11) is 0. The summed E-state index contributed by atoms with van der Waals surface area (Å²) >= 11 is 3.47. The summed E-state index contributed by atoms with van der Waals surface area (Å²) in [6.07, 6.45) is 17.0. The lowest BCUT2D eigenvalue weighted by molar-refractivity contribution is -0.384. The molecule has 164 valence electrons. The number of carbonyl (C=O) groups excluding carboxylic acids is 1. The molecule has 0 N–H and O–H groups in total. The van der Waals surface area contributed by atoms with E-state index in [-0.39, 0.29) is 18.3 Å². The van der Waals surface area contributed by atoms with Crippen molar-refractivity contribution < 1.29 is 14.5 Å². The van der Waals surface area contributed by atoms with E-state index in [0.29, 0.717) is 6.42 Å². The van der Waals surface area contributed by atoms with Crippen LogP contribution in [0.15, 0.2) is 24.3 Å². The van der Waals surface area contributed by atoms with Gasteiger partial charge < -0.3 is 4.74 Å². The first kappa shape index (κ1) is 25.6. The van der Waals surface area contributed by atoms with Crippen molar-refractivity contribution in [1.82, 2.24) is 0 Å². The summed E-state index contributed by atoms with van der Waals surface area (Å²) in [5.74, 6) is -0.195. The number of hydrogen-bond acceptors (Lipinski definition) is 4. The van der Waals surface area contributed by atoms with Gasteiger partial charge in [0.05, 0.1) is 4.92 Å². The van der Waals surface area contributed by atoms with Crippen LogP contribution in [0.25, 0.3) is 0 Å². The van der Waals surface area contributed by atoms with Gasteiger partial charge in [-0.05, 0) is 30.5 Å². The van der Waals surface area contributed by atoms with Crippen LogP contribution in [0.5, 0.6) is 0 Å². The third kappa shape index (κ3) is 14.2. The SMILES string of the molecule is O=C(CCCCCCCCCCCCCCCBr)OCc1ccc([N+](=O)[O-])cc1. The molecule has 1 aromatic rings. The molecule has 1 rings (SSSR count). The normalized spacial score (nSPS) is 10.8. The van der Waals surface area contributed by atoms with E-state index in [0.717, 1.165) is 23.7 Å². The molecule has 0 aliphatic heterocycles. The molecule has 0 aliphatic rings. The monoisotopic (exact) mass is 469 g/mol. The molecule has 0 aromatic heterocycles. The first-order valence-corrected chi connectivity index (χ1v) is 12.2. The molecule has 0 spiro atoms. The van der Waals surface area contributed by atoms with Crippen molar-refractivity contribution >= 4 is 27.6 Å². The zero-order valence-electron chi connectivity index (χ0n) is 17.6. The number of benzene rings is 1. The second kappa shape index (κ2) is 17.4. The van der Waals surface area contributed by atoms with Crippen molar-refractivity contribution in [2.24, 2.45) is 0 Å². The van der Waals surface area contributed by atoms with E-state index in [1.165, 1.54) is 82.8 Å². The fourth-order valence-electron chi connectivity index (χ4n) is 3.26. The third-order valence-electron chi connectivity index (χ3n) is 5.06. The van der Waals surface area contributed by atoms with E-state index < -0.39 is 4.92 Å². The van der Waals surface area contributed by atoms with Crippen LogP contribution in [0.1, 0.15) is 95.5 Å². The Hall–Kier alpha value is -1.43. The number of rotatable bonds is 18. The molecule has 6 heteroatoms. The van der Waals surface area contributed by atoms with E-state index in [1.54, 1.807) is 12.1 Å². The van der Waals surface area contributed by atoms with Crippen LogP contribution < -0.4 is 0 Å². The van der Waals surface area contributed by atoms with Crippen molar-refractivity contribution in [3.8, 4) is 0 Å². The van der Waals surface area contributed by atoms with E-state index >= 15 is 0 Å². The average molecular weight is 470 g/mol. The Labute approximate surface area is 183 Å². The number of esters is 1. The Kier molecular flexibility index (Phi) is 15.4. The van der Waals surface area contributed by atoms with E-state index in [2.05, 4.69) is 15.9 Å². The van der Waals surface area contributed by atoms with Gasteiger partial charge in [-0.2, -0.15) is 0 Å². The lowest BCUT2D eigenvalue weighted by Crippen LogP contribution is -2.04. The summed E-state index contributed by atoms with van der Waals surface area (Å²) < 4.78 is 5.23. The molecule has 29 heavy (non-hydrogen) atoms. The summed E-state index contributed by atoms with van der Waals surface area (Å²) in [5, 5.41) is 11.7. The van der Waals surface area contributed by atoms with Crippen LogP contribution in [-0.2, 0) is 16.1 Å². The predicted octanol–water partition coefficient (Wildman–Crippen LogP) is 7.49. The molecule has 0 atom stereocenters. The zero-order valence-corrected chi connectivity index (χ0v) is 19.2. The molecular formula is C23H36BrNO4. The highest BCUT2D eigenvalue weighted by molar-refractivity contribution is 9.09. The van der Waals surface area contributed by atoms with E-state index in [1.807, 2.05) is 0 Å². The van der Waals surface area contributed by atoms with Gasteiger partial charge in [0.1, 0.15) is 6.61 Å². The number of nitro benzene ring substituents is 1. The second-order valence-corrected chi connectivity index (χ2v) is 8.41. The topological polar surface area (TPSA) is 69.4 Å². The highest BCUT2D eigenvalue weighted by atomic mass is 79.9. The first-order chi connectivity index (χ1) is 14.1. The van der Waals surface area contributed by atoms with E-state index in [4.69, 9.17) is 4.74 Å². The highest BCUT2D eigenvalue weighted by Gasteiger charge is 2.06. The van der Waals surface area contributed by atoms with Crippen LogP contribution in [0, 0.1) is 10.1 Å². The molecule has 0 amide bonds. The number of unbranched alkanes of at least 4 members (excludes halogenated alkanes) is 12. The lowest BCUT2D eigenvalue weighted by Gasteiger charge is -2.05. The fraction of sp³-hybridized carbons (Fsp3) is 0.696. The molecular weight excluding hydrogens is 434 g/mol. The molecule has 5 nitrogen and oxygen atoms in total. The number of hydrogen-bond donors (Lipinski definition) is 0. The lowest BCUT2D eigenvalue weighted by atomic mass is 10.0. The molecule has 0 saturated heterocycles. The van der Waals surface area contributed by atoms with Gasteiger partial charge in [0.2, 0.25) is 0 Å². The molecule has 0 radical (unpaired) electrons. The van der Waals surface area contributed by atoms with Crippen LogP contribution in [0.4, 0.5) is 5.69 Å². The predicted molar refractivity (Wildman–Crippen MR) is 121 cm³/mol.